The summed E-state index contributed by atoms with van der Waals surface area (Å²) in [5.74, 6) is 0.751. The van der Waals surface area contributed by atoms with E-state index >= 15 is 0 Å². The van der Waals surface area contributed by atoms with Gasteiger partial charge in [0.15, 0.2) is 0 Å². The van der Waals surface area contributed by atoms with E-state index in [0.29, 0.717) is 5.82 Å². The second-order valence-electron chi connectivity index (χ2n) is 4.05. The van der Waals surface area contributed by atoms with Gasteiger partial charge in [-0.2, -0.15) is 0 Å². The molecule has 2 heterocycles. The number of hydrogen-bond acceptors (Lipinski definition) is 5. The molecule has 0 amide bonds. The predicted octanol–water partition coefficient (Wildman–Crippen LogP) is 2.39. The summed E-state index contributed by atoms with van der Waals surface area (Å²) in [7, 11) is -2.01. The molecular weight excluding hydrogens is 344 g/mol. The number of hydrogen-bond donors (Lipinski definition) is 2. The van der Waals surface area contributed by atoms with Crippen molar-refractivity contribution in [3.8, 4) is 0 Å². The van der Waals surface area contributed by atoms with E-state index in [1.807, 2.05) is 6.92 Å². The second-order valence-corrected chi connectivity index (χ2v) is 6.59. The van der Waals surface area contributed by atoms with Crippen molar-refractivity contribution < 1.29 is 8.42 Å². The highest BCUT2D eigenvalue weighted by molar-refractivity contribution is 9.10. The van der Waals surface area contributed by atoms with E-state index in [9.17, 15) is 8.42 Å². The van der Waals surface area contributed by atoms with Crippen molar-refractivity contribution in [3.63, 3.8) is 0 Å². The molecule has 2 aromatic rings. The Bertz CT molecular complexity index is 734. The maximum Gasteiger partial charge on any atom is 0.263 e. The third kappa shape index (κ3) is 3.26. The molecule has 0 saturated carbocycles. The van der Waals surface area contributed by atoms with Crippen LogP contribution in [0.25, 0.3) is 0 Å². The Kier molecular flexibility index (Phi) is 4.24. The van der Waals surface area contributed by atoms with Crippen molar-refractivity contribution in [3.05, 3.63) is 40.6 Å². The molecule has 20 heavy (non-hydrogen) atoms. The molecule has 8 heteroatoms. The molecule has 0 fully saturated rings. The summed E-state index contributed by atoms with van der Waals surface area (Å²) in [5.41, 5.74) is 0.892. The fraction of sp³-hybridized carbons (Fsp3) is 0.167. The smallest absolute Gasteiger partial charge is 0.263 e. The van der Waals surface area contributed by atoms with Crippen molar-refractivity contribution in [2.75, 3.05) is 17.1 Å². The van der Waals surface area contributed by atoms with Crippen LogP contribution in [0.3, 0.4) is 0 Å². The number of anilines is 2. The van der Waals surface area contributed by atoms with Gasteiger partial charge in [0.2, 0.25) is 0 Å². The molecule has 6 nitrogen and oxygen atoms in total. The lowest BCUT2D eigenvalue weighted by atomic mass is 10.3. The van der Waals surface area contributed by atoms with Crippen LogP contribution in [0.1, 0.15) is 5.56 Å². The molecule has 0 aliphatic rings. The number of aromatic nitrogens is 2. The Morgan fingerprint density at radius 3 is 2.60 bits per heavy atom. The first-order chi connectivity index (χ1) is 9.42. The van der Waals surface area contributed by atoms with Crippen LogP contribution in [0.15, 0.2) is 40.0 Å². The van der Waals surface area contributed by atoms with Crippen molar-refractivity contribution in [2.45, 2.75) is 11.8 Å². The molecule has 0 unspecified atom stereocenters. The quantitative estimate of drug-likeness (QED) is 0.878. The fourth-order valence-electron chi connectivity index (χ4n) is 1.51. The van der Waals surface area contributed by atoms with Crippen molar-refractivity contribution in [1.29, 1.82) is 0 Å². The van der Waals surface area contributed by atoms with Gasteiger partial charge >= 0.3 is 0 Å². The highest BCUT2D eigenvalue weighted by Gasteiger charge is 2.16. The normalized spacial score (nSPS) is 11.2. The lowest BCUT2D eigenvalue weighted by Crippen LogP contribution is -2.14. The van der Waals surface area contributed by atoms with Gasteiger partial charge in [-0.15, -0.1) is 0 Å². The fourth-order valence-corrected chi connectivity index (χ4v) is 2.74. The standard InChI is InChI=1S/C12H13BrN4O2S/c1-8-5-12(16-7-10(8)13)17-20(18,19)9-3-4-15-11(6-9)14-2/h3-7H,1-2H3,(H,14,15)(H,16,17). The van der Waals surface area contributed by atoms with Crippen LogP contribution >= 0.6 is 15.9 Å². The van der Waals surface area contributed by atoms with E-state index in [-0.39, 0.29) is 10.7 Å². The molecule has 106 valence electrons. The Hall–Kier alpha value is -1.67. The van der Waals surface area contributed by atoms with Gasteiger partial charge in [0.05, 0.1) is 4.90 Å². The van der Waals surface area contributed by atoms with Gasteiger partial charge in [-0.3, -0.25) is 4.72 Å². The van der Waals surface area contributed by atoms with Gasteiger partial charge in [0, 0.05) is 30.0 Å². The lowest BCUT2D eigenvalue weighted by Gasteiger charge is -2.09. The summed E-state index contributed by atoms with van der Waals surface area (Å²) in [6.45, 7) is 1.86. The highest BCUT2D eigenvalue weighted by atomic mass is 79.9. The first kappa shape index (κ1) is 14.7. The van der Waals surface area contributed by atoms with Gasteiger partial charge in [0.25, 0.3) is 10.0 Å². The topological polar surface area (TPSA) is 84.0 Å². The summed E-state index contributed by atoms with van der Waals surface area (Å²) in [5, 5.41) is 2.79. The first-order valence-electron chi connectivity index (χ1n) is 5.71. The van der Waals surface area contributed by atoms with Crippen LogP contribution in [-0.4, -0.2) is 25.4 Å². The molecule has 2 N–H and O–H groups in total. The van der Waals surface area contributed by atoms with Gasteiger partial charge in [0.1, 0.15) is 11.6 Å². The molecule has 0 spiro atoms. The maximum absolute atomic E-state index is 12.2. The van der Waals surface area contributed by atoms with E-state index in [1.54, 1.807) is 19.3 Å². The Morgan fingerprint density at radius 2 is 1.95 bits per heavy atom. The molecule has 0 aliphatic carbocycles. The zero-order valence-corrected chi connectivity index (χ0v) is 13.3. The molecular formula is C12H13BrN4O2S. The Labute approximate surface area is 125 Å². The Morgan fingerprint density at radius 1 is 1.20 bits per heavy atom. The molecule has 2 aromatic heterocycles. The third-order valence-corrected chi connectivity index (χ3v) is 4.77. The number of aryl methyl sites for hydroxylation is 1. The Balaban J connectivity index is 2.32. The molecule has 2 rings (SSSR count). The van der Waals surface area contributed by atoms with Gasteiger partial charge in [-0.1, -0.05) is 0 Å². The SMILES string of the molecule is CNc1cc(S(=O)(=O)Nc2cc(C)c(Br)cn2)ccn1. The third-order valence-electron chi connectivity index (χ3n) is 2.58. The molecule has 0 saturated heterocycles. The monoisotopic (exact) mass is 356 g/mol. The van der Waals surface area contributed by atoms with E-state index < -0.39 is 10.0 Å². The van der Waals surface area contributed by atoms with Gasteiger partial charge < -0.3 is 5.32 Å². The number of nitrogens with zero attached hydrogens (tertiary/aromatic N) is 2. The van der Waals surface area contributed by atoms with Crippen LogP contribution in [0.2, 0.25) is 0 Å². The first-order valence-corrected chi connectivity index (χ1v) is 7.99. The second kappa shape index (κ2) is 5.76. The van der Waals surface area contributed by atoms with Gasteiger partial charge in [-0.05, 0) is 40.5 Å². The number of sulfonamides is 1. The van der Waals surface area contributed by atoms with Crippen LogP contribution in [0.4, 0.5) is 11.6 Å². The van der Waals surface area contributed by atoms with Crippen LogP contribution < -0.4 is 10.0 Å². The summed E-state index contributed by atoms with van der Waals surface area (Å²) in [6, 6.07) is 4.53. The molecule has 0 atom stereocenters. The van der Waals surface area contributed by atoms with Crippen LogP contribution in [-0.2, 0) is 10.0 Å². The summed E-state index contributed by atoms with van der Waals surface area (Å²) >= 11 is 3.32. The highest BCUT2D eigenvalue weighted by Crippen LogP contribution is 2.20. The number of nitrogens with one attached hydrogen (secondary N) is 2. The van der Waals surface area contributed by atoms with Crippen molar-refractivity contribution in [1.82, 2.24) is 9.97 Å². The molecule has 0 radical (unpaired) electrons. The van der Waals surface area contributed by atoms with Gasteiger partial charge in [-0.25, -0.2) is 18.4 Å². The van der Waals surface area contributed by atoms with E-state index in [1.165, 1.54) is 18.3 Å². The largest absolute Gasteiger partial charge is 0.373 e. The maximum atomic E-state index is 12.2. The summed E-state index contributed by atoms with van der Waals surface area (Å²) < 4.78 is 27.8. The average molecular weight is 357 g/mol. The minimum atomic E-state index is -3.68. The van der Waals surface area contributed by atoms with E-state index in [4.69, 9.17) is 0 Å². The molecule has 0 aliphatic heterocycles. The zero-order chi connectivity index (χ0) is 14.8. The number of pyridine rings is 2. The van der Waals surface area contributed by atoms with E-state index in [2.05, 4.69) is 35.9 Å². The summed E-state index contributed by atoms with van der Waals surface area (Å²) in [4.78, 5) is 8.13. The average Bonchev–Trinajstić information content (AvgIpc) is 2.43. The molecule has 0 aromatic carbocycles. The lowest BCUT2D eigenvalue weighted by molar-refractivity contribution is 0.601. The minimum absolute atomic E-state index is 0.124. The van der Waals surface area contributed by atoms with Crippen molar-refractivity contribution in [2.24, 2.45) is 0 Å². The van der Waals surface area contributed by atoms with Crippen molar-refractivity contribution >= 4 is 37.6 Å². The molecule has 0 bridgehead atoms. The van der Waals surface area contributed by atoms with Crippen LogP contribution in [0.5, 0.6) is 0 Å². The number of rotatable bonds is 4. The number of halogens is 1. The van der Waals surface area contributed by atoms with Crippen LogP contribution in [0, 0.1) is 6.92 Å². The zero-order valence-electron chi connectivity index (χ0n) is 10.9. The summed E-state index contributed by atoms with van der Waals surface area (Å²) in [6.07, 6.45) is 2.99. The predicted molar refractivity (Wildman–Crippen MR) is 81.3 cm³/mol. The minimum Gasteiger partial charge on any atom is -0.373 e. The van der Waals surface area contributed by atoms with E-state index in [0.717, 1.165) is 10.0 Å².